The number of hydrogen-bond acceptors (Lipinski definition) is 3. The van der Waals surface area contributed by atoms with Crippen LogP contribution in [-0.4, -0.2) is 30.4 Å². The summed E-state index contributed by atoms with van der Waals surface area (Å²) in [4.78, 5) is 12.8. The lowest BCUT2D eigenvalue weighted by molar-refractivity contribution is -0.131. The maximum Gasteiger partial charge on any atom is 0.239 e. The molecule has 1 aliphatic heterocycles. The van der Waals surface area contributed by atoms with Gasteiger partial charge in [-0.15, -0.1) is 0 Å². The average Bonchev–Trinajstić information content (AvgIpc) is 2.73. The van der Waals surface area contributed by atoms with Crippen molar-refractivity contribution in [3.63, 3.8) is 0 Å². The second-order valence-corrected chi connectivity index (χ2v) is 10.8. The van der Waals surface area contributed by atoms with E-state index < -0.39 is 10.0 Å². The van der Waals surface area contributed by atoms with Crippen molar-refractivity contribution >= 4 is 15.9 Å². The summed E-state index contributed by atoms with van der Waals surface area (Å²) in [6.45, 7) is 8.54. The maximum atomic E-state index is 12.8. The van der Waals surface area contributed by atoms with Crippen molar-refractivity contribution in [2.75, 3.05) is 5.75 Å². The molecular formula is C16H25NO3S. The van der Waals surface area contributed by atoms with Crippen molar-refractivity contribution in [2.45, 2.75) is 59.4 Å². The highest BCUT2D eigenvalue weighted by atomic mass is 32.2. The predicted octanol–water partition coefficient (Wildman–Crippen LogP) is 2.40. The molecule has 1 spiro atoms. The number of carbonyl (C=O) groups excluding carboxylic acids is 1. The fourth-order valence-corrected chi connectivity index (χ4v) is 8.20. The Bertz CT molecular complexity index is 636. The SMILES string of the molecule is CC1(C)C[C@@H]1C(=O)N1[C@@H]2C[C@H]3CC[C@@]2(CS1(=O)=O)C3(C)C. The van der Waals surface area contributed by atoms with E-state index in [1.807, 2.05) is 0 Å². The number of amides is 1. The third kappa shape index (κ3) is 1.47. The van der Waals surface area contributed by atoms with Crippen LogP contribution in [0.5, 0.6) is 0 Å². The van der Waals surface area contributed by atoms with Gasteiger partial charge in [-0.05, 0) is 42.4 Å². The molecule has 4 nitrogen and oxygen atoms in total. The summed E-state index contributed by atoms with van der Waals surface area (Å²) in [5.41, 5.74) is -0.167. The number of fused-ring (bicyclic) bond motifs is 1. The quantitative estimate of drug-likeness (QED) is 0.747. The number of rotatable bonds is 1. The largest absolute Gasteiger partial charge is 0.273 e. The van der Waals surface area contributed by atoms with E-state index in [9.17, 15) is 13.2 Å². The van der Waals surface area contributed by atoms with Gasteiger partial charge in [0.05, 0.1) is 11.8 Å². The highest BCUT2D eigenvalue weighted by Crippen LogP contribution is 2.70. The van der Waals surface area contributed by atoms with Crippen LogP contribution in [0.1, 0.15) is 53.4 Å². The van der Waals surface area contributed by atoms with E-state index >= 15 is 0 Å². The Morgan fingerprint density at radius 3 is 2.33 bits per heavy atom. The van der Waals surface area contributed by atoms with Gasteiger partial charge < -0.3 is 0 Å². The van der Waals surface area contributed by atoms with Crippen molar-refractivity contribution in [2.24, 2.45) is 28.1 Å². The molecule has 1 heterocycles. The molecule has 0 aromatic rings. The normalized spacial score (nSPS) is 47.4. The lowest BCUT2D eigenvalue weighted by Crippen LogP contribution is -2.45. The van der Waals surface area contributed by atoms with Crippen LogP contribution in [0.3, 0.4) is 0 Å². The molecule has 3 aliphatic carbocycles. The second kappa shape index (κ2) is 3.50. The molecule has 2 bridgehead atoms. The minimum absolute atomic E-state index is 0.0184. The Hall–Kier alpha value is -0.580. The first-order valence-corrected chi connectivity index (χ1v) is 9.70. The Morgan fingerprint density at radius 1 is 1.19 bits per heavy atom. The molecule has 1 saturated heterocycles. The van der Waals surface area contributed by atoms with Crippen LogP contribution in [0.2, 0.25) is 0 Å². The van der Waals surface area contributed by atoms with Gasteiger partial charge in [0.25, 0.3) is 0 Å². The molecule has 0 aromatic carbocycles. The summed E-state index contributed by atoms with van der Waals surface area (Å²) in [7, 11) is -3.43. The van der Waals surface area contributed by atoms with Crippen molar-refractivity contribution in [1.82, 2.24) is 4.31 Å². The first-order valence-electron chi connectivity index (χ1n) is 8.09. The Kier molecular flexibility index (Phi) is 2.34. The zero-order valence-electron chi connectivity index (χ0n) is 13.3. The Labute approximate surface area is 127 Å². The van der Waals surface area contributed by atoms with Crippen LogP contribution in [0.25, 0.3) is 0 Å². The highest BCUT2D eigenvalue weighted by molar-refractivity contribution is 7.90. The van der Waals surface area contributed by atoms with Gasteiger partial charge in [-0.3, -0.25) is 4.79 Å². The monoisotopic (exact) mass is 311 g/mol. The Morgan fingerprint density at radius 2 is 1.81 bits per heavy atom. The molecule has 5 heteroatoms. The molecule has 4 rings (SSSR count). The van der Waals surface area contributed by atoms with Crippen molar-refractivity contribution in [3.8, 4) is 0 Å². The first kappa shape index (κ1) is 14.0. The molecule has 1 amide bonds. The maximum absolute atomic E-state index is 12.8. The number of nitrogens with zero attached hydrogens (tertiary/aromatic N) is 1. The van der Waals surface area contributed by atoms with E-state index in [0.29, 0.717) is 5.92 Å². The summed E-state index contributed by atoms with van der Waals surface area (Å²) in [5.74, 6) is 0.544. The molecular weight excluding hydrogens is 286 g/mol. The van der Waals surface area contributed by atoms with Crippen LogP contribution in [-0.2, 0) is 14.8 Å². The summed E-state index contributed by atoms with van der Waals surface area (Å²) in [6, 6.07) is -0.0693. The molecule has 118 valence electrons. The summed E-state index contributed by atoms with van der Waals surface area (Å²) < 4.78 is 26.8. The standard InChI is InChI=1S/C16H25NO3S/c1-14(2)8-11(14)13(18)17-12-7-10-5-6-16(12,15(10,3)4)9-21(17,19)20/h10-12H,5-9H2,1-4H3/t10-,11-,12-,16+/m1/s1. The summed E-state index contributed by atoms with van der Waals surface area (Å²) >= 11 is 0. The van der Waals surface area contributed by atoms with Crippen LogP contribution < -0.4 is 0 Å². The zero-order chi connectivity index (χ0) is 15.4. The molecule has 0 unspecified atom stereocenters. The lowest BCUT2D eigenvalue weighted by Gasteiger charge is -2.37. The van der Waals surface area contributed by atoms with Gasteiger partial charge in [0.15, 0.2) is 0 Å². The average molecular weight is 311 g/mol. The third-order valence-electron chi connectivity index (χ3n) is 7.44. The van der Waals surface area contributed by atoms with Crippen molar-refractivity contribution < 1.29 is 13.2 Å². The van der Waals surface area contributed by atoms with Crippen LogP contribution in [0.15, 0.2) is 0 Å². The van der Waals surface area contributed by atoms with E-state index in [1.165, 1.54) is 4.31 Å². The number of carbonyl (C=O) groups is 1. The minimum Gasteiger partial charge on any atom is -0.273 e. The molecule has 3 saturated carbocycles. The van der Waals surface area contributed by atoms with Crippen molar-refractivity contribution in [1.29, 1.82) is 0 Å². The molecule has 4 atom stereocenters. The molecule has 4 fully saturated rings. The smallest absolute Gasteiger partial charge is 0.239 e. The summed E-state index contributed by atoms with van der Waals surface area (Å²) in [5, 5.41) is 0. The fraction of sp³-hybridized carbons (Fsp3) is 0.938. The predicted molar refractivity (Wildman–Crippen MR) is 79.9 cm³/mol. The second-order valence-electron chi connectivity index (χ2n) is 9.00. The molecule has 0 radical (unpaired) electrons. The van der Waals surface area contributed by atoms with Crippen LogP contribution >= 0.6 is 0 Å². The van der Waals surface area contributed by atoms with Gasteiger partial charge in [-0.25, -0.2) is 12.7 Å². The van der Waals surface area contributed by atoms with Crippen LogP contribution in [0, 0.1) is 28.1 Å². The van der Waals surface area contributed by atoms with Gasteiger partial charge in [-0.1, -0.05) is 27.7 Å². The molecule has 0 aromatic heterocycles. The van der Waals surface area contributed by atoms with Gasteiger partial charge in [-0.2, -0.15) is 0 Å². The van der Waals surface area contributed by atoms with E-state index in [-0.39, 0.29) is 39.9 Å². The zero-order valence-corrected chi connectivity index (χ0v) is 14.2. The summed E-state index contributed by atoms with van der Waals surface area (Å²) in [6.07, 6.45) is 3.79. The molecule has 4 aliphatic rings. The third-order valence-corrected chi connectivity index (χ3v) is 9.35. The molecule has 0 N–H and O–H groups in total. The van der Waals surface area contributed by atoms with E-state index in [4.69, 9.17) is 0 Å². The lowest BCUT2D eigenvalue weighted by atomic mass is 9.69. The van der Waals surface area contributed by atoms with Gasteiger partial charge >= 0.3 is 0 Å². The van der Waals surface area contributed by atoms with Crippen LogP contribution in [0.4, 0.5) is 0 Å². The van der Waals surface area contributed by atoms with Gasteiger partial charge in [0.2, 0.25) is 15.9 Å². The number of sulfonamides is 1. The fourth-order valence-electron chi connectivity index (χ4n) is 5.62. The van der Waals surface area contributed by atoms with Crippen molar-refractivity contribution in [3.05, 3.63) is 0 Å². The molecule has 21 heavy (non-hydrogen) atoms. The number of hydrogen-bond donors (Lipinski definition) is 0. The highest BCUT2D eigenvalue weighted by Gasteiger charge is 2.73. The van der Waals surface area contributed by atoms with E-state index in [2.05, 4.69) is 27.7 Å². The van der Waals surface area contributed by atoms with E-state index in [0.717, 1.165) is 25.7 Å². The topological polar surface area (TPSA) is 54.5 Å². The van der Waals surface area contributed by atoms with Gasteiger partial charge in [0.1, 0.15) is 0 Å². The first-order chi connectivity index (χ1) is 9.53. The van der Waals surface area contributed by atoms with E-state index in [1.54, 1.807) is 0 Å². The minimum atomic E-state index is -3.43. The Balaban J connectivity index is 1.75. The van der Waals surface area contributed by atoms with Gasteiger partial charge in [0, 0.05) is 11.3 Å².